The average Bonchev–Trinajstić information content (AvgIpc) is 3.69. The van der Waals surface area contributed by atoms with Crippen molar-refractivity contribution >= 4 is 44.2 Å². The van der Waals surface area contributed by atoms with Crippen LogP contribution in [0.25, 0.3) is 43.8 Å². The first-order chi connectivity index (χ1) is 21.4. The van der Waals surface area contributed by atoms with Gasteiger partial charge in [0.1, 0.15) is 10.6 Å². The number of benzene rings is 1. The molecular formula is C36H39N3O4S. The van der Waals surface area contributed by atoms with Gasteiger partial charge in [0, 0.05) is 18.7 Å². The zero-order valence-corrected chi connectivity index (χ0v) is 26.3. The van der Waals surface area contributed by atoms with Crippen molar-refractivity contribution in [2.45, 2.75) is 96.9 Å². The molecule has 0 unspecified atom stereocenters. The lowest BCUT2D eigenvalue weighted by atomic mass is 9.83. The van der Waals surface area contributed by atoms with Gasteiger partial charge in [-0.25, -0.2) is 14.8 Å². The highest BCUT2D eigenvalue weighted by atomic mass is 32.1. The van der Waals surface area contributed by atoms with Gasteiger partial charge in [-0.2, -0.15) is 0 Å². The molecule has 0 atom stereocenters. The molecule has 2 fully saturated rings. The number of carbonyl (C=O) groups is 2. The Labute approximate surface area is 261 Å². The van der Waals surface area contributed by atoms with Crippen LogP contribution in [0.1, 0.15) is 103 Å². The van der Waals surface area contributed by atoms with Crippen molar-refractivity contribution in [3.05, 3.63) is 58.4 Å². The second-order valence-electron chi connectivity index (χ2n) is 12.8. The van der Waals surface area contributed by atoms with E-state index in [1.807, 2.05) is 19.9 Å². The maximum absolute atomic E-state index is 13.7. The van der Waals surface area contributed by atoms with Crippen LogP contribution < -0.4 is 0 Å². The minimum absolute atomic E-state index is 0.234. The number of thiophene rings is 1. The number of aromatic nitrogens is 3. The number of aromatic carboxylic acids is 1. The average molecular weight is 610 g/mol. The van der Waals surface area contributed by atoms with E-state index in [1.54, 1.807) is 6.07 Å². The largest absolute Gasteiger partial charge is 0.477 e. The molecule has 2 saturated carbocycles. The van der Waals surface area contributed by atoms with Crippen molar-refractivity contribution in [3.63, 3.8) is 0 Å². The molecule has 0 aliphatic heterocycles. The fourth-order valence-corrected chi connectivity index (χ4v) is 8.75. The fraction of sp³-hybridized carbons (Fsp3) is 0.444. The predicted octanol–water partition coefficient (Wildman–Crippen LogP) is 9.48. The maximum atomic E-state index is 13.7. The van der Waals surface area contributed by atoms with Gasteiger partial charge >= 0.3 is 5.97 Å². The van der Waals surface area contributed by atoms with E-state index in [2.05, 4.69) is 33.8 Å². The number of hydrogen-bond donors (Lipinski definition) is 1. The van der Waals surface area contributed by atoms with Gasteiger partial charge in [-0.15, -0.1) is 11.3 Å². The van der Waals surface area contributed by atoms with E-state index < -0.39 is 5.97 Å². The van der Waals surface area contributed by atoms with Crippen molar-refractivity contribution in [1.82, 2.24) is 14.5 Å². The molecule has 0 amide bonds. The first-order valence-corrected chi connectivity index (χ1v) is 16.9. The van der Waals surface area contributed by atoms with Gasteiger partial charge in [0.25, 0.3) is 0 Å². The Kier molecular flexibility index (Phi) is 7.87. The van der Waals surface area contributed by atoms with E-state index in [9.17, 15) is 14.7 Å². The number of ketones is 1. The zero-order valence-electron chi connectivity index (χ0n) is 25.5. The van der Waals surface area contributed by atoms with Crippen LogP contribution in [0.5, 0.6) is 0 Å². The third kappa shape index (κ3) is 5.49. The second kappa shape index (κ2) is 12.0. The zero-order chi connectivity index (χ0) is 30.4. The van der Waals surface area contributed by atoms with Crippen LogP contribution in [0, 0.1) is 19.8 Å². The Morgan fingerprint density at radius 1 is 0.955 bits per heavy atom. The van der Waals surface area contributed by atoms with Crippen molar-refractivity contribution in [2.24, 2.45) is 5.92 Å². The topological polar surface area (TPSA) is 98.2 Å². The Hall–Kier alpha value is -3.78. The van der Waals surface area contributed by atoms with Gasteiger partial charge in [0.2, 0.25) is 0 Å². The number of nitrogens with zero attached hydrogens (tertiary/aromatic N) is 3. The number of aryl methyl sites for hydroxylation is 2. The molecule has 4 heterocycles. The molecule has 0 saturated heterocycles. The van der Waals surface area contributed by atoms with Crippen LogP contribution in [0.2, 0.25) is 0 Å². The van der Waals surface area contributed by atoms with E-state index in [1.165, 1.54) is 55.4 Å². The van der Waals surface area contributed by atoms with Crippen LogP contribution in [0.3, 0.4) is 0 Å². The second-order valence-corrected chi connectivity index (χ2v) is 13.9. The van der Waals surface area contributed by atoms with Crippen molar-refractivity contribution in [1.29, 1.82) is 0 Å². The first kappa shape index (κ1) is 29.0. The number of Topliss-reactive ketones (excluding diaryl/α,β-unsaturated/α-hetero) is 1. The maximum Gasteiger partial charge on any atom is 0.345 e. The highest BCUT2D eigenvalue weighted by Crippen LogP contribution is 2.47. The molecule has 5 aromatic rings. The van der Waals surface area contributed by atoms with Crippen molar-refractivity contribution in [3.8, 4) is 22.7 Å². The molecule has 44 heavy (non-hydrogen) atoms. The standard InChI is InChI=1S/C36H39N3O4S/c1-21-34(43-22(2)37-21)29-16-13-25-18-26(14-15-28(25)38-29)33-32(24-11-7-4-8-12-24)35-30(19-31(44-35)36(41)42)39(33)20-27(40)17-23-9-5-3-6-10-23/h13-16,18-19,23-24H,3-12,17,20H2,1-2H3,(H,41,42). The summed E-state index contributed by atoms with van der Waals surface area (Å²) in [6.07, 6.45) is 12.2. The van der Waals surface area contributed by atoms with Crippen LogP contribution in [-0.4, -0.2) is 31.4 Å². The number of oxazole rings is 1. The Morgan fingerprint density at radius 3 is 2.41 bits per heavy atom. The molecule has 0 bridgehead atoms. The fourth-order valence-electron chi connectivity index (χ4n) is 7.62. The minimum atomic E-state index is -0.910. The molecule has 1 aromatic carbocycles. The Balaban J connectivity index is 1.36. The third-order valence-electron chi connectivity index (χ3n) is 9.67. The predicted molar refractivity (Wildman–Crippen MR) is 175 cm³/mol. The Bertz CT molecular complexity index is 1870. The molecule has 2 aliphatic carbocycles. The third-order valence-corrected chi connectivity index (χ3v) is 10.8. The van der Waals surface area contributed by atoms with Gasteiger partial charge < -0.3 is 14.1 Å². The van der Waals surface area contributed by atoms with Crippen LogP contribution >= 0.6 is 11.3 Å². The number of hydrogen-bond acceptors (Lipinski definition) is 6. The van der Waals surface area contributed by atoms with Gasteiger partial charge in [0.15, 0.2) is 17.4 Å². The van der Waals surface area contributed by atoms with E-state index in [0.717, 1.165) is 69.4 Å². The van der Waals surface area contributed by atoms with E-state index in [4.69, 9.17) is 9.40 Å². The molecule has 7 nitrogen and oxygen atoms in total. The van der Waals surface area contributed by atoms with Crippen LogP contribution in [0.4, 0.5) is 0 Å². The molecule has 1 N–H and O–H groups in total. The van der Waals surface area contributed by atoms with Crippen molar-refractivity contribution < 1.29 is 19.1 Å². The summed E-state index contributed by atoms with van der Waals surface area (Å²) in [6, 6.07) is 12.2. The SMILES string of the molecule is Cc1nc(C)c(-c2ccc3cc(-c4c(C5CCCCC5)c5sc(C(=O)O)cc5n4CC(=O)CC4CCCCC4)ccc3n2)o1. The number of pyridine rings is 1. The number of carboxylic acids is 1. The number of carbonyl (C=O) groups excluding carboxylic acids is 1. The molecule has 4 aromatic heterocycles. The highest BCUT2D eigenvalue weighted by molar-refractivity contribution is 7.21. The summed E-state index contributed by atoms with van der Waals surface area (Å²) in [4.78, 5) is 35.5. The summed E-state index contributed by atoms with van der Waals surface area (Å²) >= 11 is 1.36. The molecule has 228 valence electrons. The van der Waals surface area contributed by atoms with E-state index in [0.29, 0.717) is 34.8 Å². The number of fused-ring (bicyclic) bond motifs is 2. The monoisotopic (exact) mass is 609 g/mol. The van der Waals surface area contributed by atoms with Crippen LogP contribution in [0.15, 0.2) is 40.8 Å². The van der Waals surface area contributed by atoms with Gasteiger partial charge in [-0.3, -0.25) is 4.79 Å². The summed E-state index contributed by atoms with van der Waals surface area (Å²) in [5, 5.41) is 10.9. The number of carboxylic acid groups (broad SMARTS) is 1. The summed E-state index contributed by atoms with van der Waals surface area (Å²) in [7, 11) is 0. The normalized spacial score (nSPS) is 16.7. The first-order valence-electron chi connectivity index (χ1n) is 16.1. The van der Waals surface area contributed by atoms with E-state index in [-0.39, 0.29) is 12.3 Å². The summed E-state index contributed by atoms with van der Waals surface area (Å²) in [5.74, 6) is 1.43. The van der Waals surface area contributed by atoms with Crippen molar-refractivity contribution in [2.75, 3.05) is 0 Å². The highest BCUT2D eigenvalue weighted by Gasteiger charge is 2.30. The summed E-state index contributed by atoms with van der Waals surface area (Å²) in [6.45, 7) is 4.04. The lowest BCUT2D eigenvalue weighted by Crippen LogP contribution is -2.17. The van der Waals surface area contributed by atoms with Crippen LogP contribution in [-0.2, 0) is 11.3 Å². The molecule has 2 aliphatic rings. The Morgan fingerprint density at radius 2 is 1.70 bits per heavy atom. The lowest BCUT2D eigenvalue weighted by molar-refractivity contribution is -0.120. The lowest BCUT2D eigenvalue weighted by Gasteiger charge is -2.24. The molecular weight excluding hydrogens is 570 g/mol. The quantitative estimate of drug-likeness (QED) is 0.188. The summed E-state index contributed by atoms with van der Waals surface area (Å²) < 4.78 is 9.01. The molecule has 0 spiro atoms. The van der Waals surface area contributed by atoms with Gasteiger partial charge in [-0.05, 0) is 67.0 Å². The number of rotatable bonds is 8. The molecule has 8 heteroatoms. The molecule has 7 rings (SSSR count). The minimum Gasteiger partial charge on any atom is -0.477 e. The smallest absolute Gasteiger partial charge is 0.345 e. The van der Waals surface area contributed by atoms with E-state index >= 15 is 0 Å². The van der Waals surface area contributed by atoms with Gasteiger partial charge in [0.05, 0.1) is 33.7 Å². The van der Waals surface area contributed by atoms with Gasteiger partial charge in [-0.1, -0.05) is 63.5 Å². The summed E-state index contributed by atoms with van der Waals surface area (Å²) in [5.41, 5.74) is 6.65. The molecule has 0 radical (unpaired) electrons.